The maximum atomic E-state index is 14.4. The van der Waals surface area contributed by atoms with E-state index in [9.17, 15) is 23.9 Å². The van der Waals surface area contributed by atoms with E-state index in [0.29, 0.717) is 23.4 Å². The Balaban J connectivity index is 2.17. The van der Waals surface area contributed by atoms with E-state index >= 15 is 0 Å². The molecule has 0 aliphatic carbocycles. The molecule has 1 aromatic carbocycles. The summed E-state index contributed by atoms with van der Waals surface area (Å²) in [7, 11) is 1.42. The normalized spacial score (nSPS) is 16.1. The number of thiophene rings is 1. The predicted molar refractivity (Wildman–Crippen MR) is 145 cm³/mol. The number of nitriles is 1. The molecule has 0 fully saturated rings. The first-order valence-electron chi connectivity index (χ1n) is 12.8. The summed E-state index contributed by atoms with van der Waals surface area (Å²) in [6.45, 7) is 6.76. The topological polar surface area (TPSA) is 141 Å². The van der Waals surface area contributed by atoms with Crippen LogP contribution in [0.25, 0.3) is 0 Å². The second-order valence-corrected chi connectivity index (χ2v) is 9.89. The zero-order valence-electron chi connectivity index (χ0n) is 23.0. The lowest BCUT2D eigenvalue weighted by Gasteiger charge is -2.44. The number of aliphatic hydroxyl groups excluding tert-OH is 1. The number of nitrogens with zero attached hydrogens (tertiary/aromatic N) is 3. The number of esters is 1. The smallest absolute Gasteiger partial charge is 0.348 e. The van der Waals surface area contributed by atoms with Gasteiger partial charge in [-0.2, -0.15) is 5.26 Å². The van der Waals surface area contributed by atoms with Crippen molar-refractivity contribution < 1.29 is 38.1 Å². The molecular formula is C27H33FN4O7S. The van der Waals surface area contributed by atoms with Gasteiger partial charge in [0, 0.05) is 12.1 Å². The van der Waals surface area contributed by atoms with E-state index in [1.807, 2.05) is 6.07 Å². The van der Waals surface area contributed by atoms with Gasteiger partial charge < -0.3 is 29.5 Å². The number of amides is 2. The lowest BCUT2D eigenvalue weighted by Crippen LogP contribution is -2.61. The third-order valence-electron chi connectivity index (χ3n) is 6.41. The van der Waals surface area contributed by atoms with E-state index in [1.165, 1.54) is 37.1 Å². The van der Waals surface area contributed by atoms with Gasteiger partial charge in [0.2, 0.25) is 12.3 Å². The monoisotopic (exact) mass is 576 g/mol. The van der Waals surface area contributed by atoms with Gasteiger partial charge in [-0.15, -0.1) is 11.3 Å². The molecule has 2 amide bonds. The molecule has 1 unspecified atom stereocenters. The zero-order valence-corrected chi connectivity index (χ0v) is 23.8. The van der Waals surface area contributed by atoms with Crippen LogP contribution in [0.2, 0.25) is 0 Å². The SMILES string of the molecule is CCNC(=O)[C@@H](C)N1C(=O)c2c(sc(C(=O)OCC)c2C)N(C[C@H](OCCC#N)c2cc(F)ccc2OC)C1O. The Kier molecular flexibility index (Phi) is 10.4. The summed E-state index contributed by atoms with van der Waals surface area (Å²) in [5.41, 5.74) is 0.795. The number of aliphatic hydroxyl groups is 1. The third-order valence-corrected chi connectivity index (χ3v) is 7.72. The molecule has 1 aliphatic heterocycles. The molecule has 3 atom stereocenters. The van der Waals surface area contributed by atoms with Crippen molar-refractivity contribution in [2.24, 2.45) is 0 Å². The van der Waals surface area contributed by atoms with Crippen molar-refractivity contribution in [3.8, 4) is 11.8 Å². The quantitative estimate of drug-likeness (QED) is 0.288. The summed E-state index contributed by atoms with van der Waals surface area (Å²) in [5.74, 6) is -1.98. The summed E-state index contributed by atoms with van der Waals surface area (Å²) in [4.78, 5) is 41.8. The van der Waals surface area contributed by atoms with Gasteiger partial charge in [0.05, 0.1) is 44.9 Å². The van der Waals surface area contributed by atoms with Crippen molar-refractivity contribution in [1.29, 1.82) is 5.26 Å². The Morgan fingerprint density at radius 2 is 2.05 bits per heavy atom. The second-order valence-electron chi connectivity index (χ2n) is 8.89. The zero-order chi connectivity index (χ0) is 29.6. The number of anilines is 1. The van der Waals surface area contributed by atoms with Gasteiger partial charge in [0.25, 0.3) is 5.91 Å². The summed E-state index contributed by atoms with van der Waals surface area (Å²) in [6.07, 6.45) is -2.54. The number of rotatable bonds is 12. The molecule has 1 aromatic heterocycles. The second kappa shape index (κ2) is 13.6. The lowest BCUT2D eigenvalue weighted by molar-refractivity contribution is -0.128. The first-order valence-corrected chi connectivity index (χ1v) is 13.6. The van der Waals surface area contributed by atoms with Crippen LogP contribution in [0.3, 0.4) is 0 Å². The van der Waals surface area contributed by atoms with Crippen molar-refractivity contribution in [1.82, 2.24) is 10.2 Å². The molecule has 0 saturated heterocycles. The van der Waals surface area contributed by atoms with E-state index < -0.39 is 42.1 Å². The predicted octanol–water partition coefficient (Wildman–Crippen LogP) is 3.12. The lowest BCUT2D eigenvalue weighted by atomic mass is 10.0. The Morgan fingerprint density at radius 1 is 1.32 bits per heavy atom. The van der Waals surface area contributed by atoms with Crippen LogP contribution in [0.4, 0.5) is 9.39 Å². The summed E-state index contributed by atoms with van der Waals surface area (Å²) >= 11 is 0.967. The van der Waals surface area contributed by atoms with Crippen LogP contribution in [-0.4, -0.2) is 73.6 Å². The average Bonchev–Trinajstić information content (AvgIpc) is 3.27. The average molecular weight is 577 g/mol. The number of likely N-dealkylation sites (N-methyl/N-ethyl adjacent to an activating group) is 1. The van der Waals surface area contributed by atoms with Crippen LogP contribution in [0, 0.1) is 24.1 Å². The molecule has 0 bridgehead atoms. The van der Waals surface area contributed by atoms with Gasteiger partial charge in [-0.1, -0.05) is 0 Å². The van der Waals surface area contributed by atoms with E-state index in [0.717, 1.165) is 16.2 Å². The van der Waals surface area contributed by atoms with Crippen LogP contribution in [0.15, 0.2) is 18.2 Å². The first kappa shape index (κ1) is 30.8. The number of halogens is 1. The summed E-state index contributed by atoms with van der Waals surface area (Å²) < 4.78 is 30.9. The molecule has 1 aliphatic rings. The molecule has 2 heterocycles. The van der Waals surface area contributed by atoms with Gasteiger partial charge in [-0.3, -0.25) is 14.5 Å². The highest BCUT2D eigenvalue weighted by Crippen LogP contribution is 2.43. The van der Waals surface area contributed by atoms with Gasteiger partial charge in [-0.05, 0) is 51.5 Å². The maximum absolute atomic E-state index is 14.4. The van der Waals surface area contributed by atoms with E-state index in [-0.39, 0.29) is 41.6 Å². The number of methoxy groups -OCH3 is 1. The highest BCUT2D eigenvalue weighted by Gasteiger charge is 2.45. The van der Waals surface area contributed by atoms with Crippen LogP contribution >= 0.6 is 11.3 Å². The molecule has 2 aromatic rings. The van der Waals surface area contributed by atoms with Crippen molar-refractivity contribution in [3.05, 3.63) is 45.6 Å². The van der Waals surface area contributed by atoms with Crippen LogP contribution < -0.4 is 15.0 Å². The number of benzene rings is 1. The van der Waals surface area contributed by atoms with Crippen molar-refractivity contribution in [3.63, 3.8) is 0 Å². The molecule has 40 heavy (non-hydrogen) atoms. The van der Waals surface area contributed by atoms with Gasteiger partial charge >= 0.3 is 5.97 Å². The number of carbonyl (C=O) groups excluding carboxylic acids is 3. The van der Waals surface area contributed by atoms with Gasteiger partial charge in [0.15, 0.2) is 0 Å². The molecule has 0 radical (unpaired) electrons. The third kappa shape index (κ3) is 6.19. The standard InChI is InChI=1S/C27H33FN4O7S/c1-6-30-23(33)16(4)32-24(34)21-15(3)22(26(35)38-7-2)40-25(21)31(27(32)36)14-20(39-12-8-11-29)18-13-17(28)9-10-19(18)37-5/h9-10,13,16,20,27,36H,6-8,12,14H2,1-5H3,(H,30,33)/t16-,20+,27?/m1/s1. The van der Waals surface area contributed by atoms with Crippen LogP contribution in [-0.2, 0) is 14.3 Å². The maximum Gasteiger partial charge on any atom is 0.348 e. The first-order chi connectivity index (χ1) is 19.1. The minimum absolute atomic E-state index is 0.00682. The highest BCUT2D eigenvalue weighted by atomic mass is 32.1. The Labute approximate surface area is 236 Å². The number of carbonyl (C=O) groups is 3. The van der Waals surface area contributed by atoms with Crippen molar-refractivity contribution in [2.75, 3.05) is 38.3 Å². The molecule has 0 saturated carbocycles. The molecule has 11 nitrogen and oxygen atoms in total. The fourth-order valence-electron chi connectivity index (χ4n) is 4.46. The highest BCUT2D eigenvalue weighted by molar-refractivity contribution is 7.18. The fraction of sp³-hybridized carbons (Fsp3) is 0.481. The molecule has 216 valence electrons. The number of hydrogen-bond acceptors (Lipinski definition) is 10. The van der Waals surface area contributed by atoms with E-state index in [4.69, 9.17) is 19.5 Å². The molecule has 2 N–H and O–H groups in total. The van der Waals surface area contributed by atoms with Crippen molar-refractivity contribution >= 4 is 34.1 Å². The number of ether oxygens (including phenoxy) is 3. The van der Waals surface area contributed by atoms with E-state index in [2.05, 4.69) is 5.32 Å². The summed E-state index contributed by atoms with van der Waals surface area (Å²) in [6, 6.07) is 4.81. The number of fused-ring (bicyclic) bond motifs is 1. The molecule has 0 spiro atoms. The Hall–Kier alpha value is -3.73. The minimum atomic E-state index is -1.65. The van der Waals surface area contributed by atoms with E-state index in [1.54, 1.807) is 20.8 Å². The van der Waals surface area contributed by atoms with Gasteiger partial charge in [0.1, 0.15) is 33.6 Å². The number of hydrogen-bond donors (Lipinski definition) is 2. The molecule has 3 rings (SSSR count). The largest absolute Gasteiger partial charge is 0.496 e. The van der Waals surface area contributed by atoms with Crippen LogP contribution in [0.1, 0.15) is 64.5 Å². The number of nitrogens with one attached hydrogen (secondary N) is 1. The Morgan fingerprint density at radius 3 is 2.67 bits per heavy atom. The Bertz CT molecular complexity index is 1290. The summed E-state index contributed by atoms with van der Waals surface area (Å²) in [5, 5.41) is 23.5. The fourth-order valence-corrected chi connectivity index (χ4v) is 5.68. The van der Waals surface area contributed by atoms with Crippen molar-refractivity contribution in [2.45, 2.75) is 52.6 Å². The molecular weight excluding hydrogens is 543 g/mol. The minimum Gasteiger partial charge on any atom is -0.496 e. The van der Waals surface area contributed by atoms with Gasteiger partial charge in [-0.25, -0.2) is 9.18 Å². The van der Waals surface area contributed by atoms with Crippen LogP contribution in [0.5, 0.6) is 5.75 Å². The molecule has 13 heteroatoms.